The van der Waals surface area contributed by atoms with Crippen molar-refractivity contribution in [1.29, 1.82) is 0 Å². The predicted octanol–water partition coefficient (Wildman–Crippen LogP) is 1.66. The summed E-state index contributed by atoms with van der Waals surface area (Å²) in [5.41, 5.74) is 6.17. The maximum atomic E-state index is 12.7. The summed E-state index contributed by atoms with van der Waals surface area (Å²) in [6, 6.07) is 4.29. The van der Waals surface area contributed by atoms with Gasteiger partial charge in [-0.05, 0) is 6.07 Å². The first-order chi connectivity index (χ1) is 6.13. The SMILES string of the molecule is COc1cc(F)ccc1CC(N)=S. The van der Waals surface area contributed by atoms with Gasteiger partial charge in [0.2, 0.25) is 0 Å². The van der Waals surface area contributed by atoms with Gasteiger partial charge in [0, 0.05) is 18.1 Å². The van der Waals surface area contributed by atoms with Crippen LogP contribution in [0.1, 0.15) is 5.56 Å². The molecule has 0 bridgehead atoms. The Morgan fingerprint density at radius 2 is 2.31 bits per heavy atom. The van der Waals surface area contributed by atoms with E-state index in [1.54, 1.807) is 6.07 Å². The van der Waals surface area contributed by atoms with Crippen molar-refractivity contribution in [2.45, 2.75) is 6.42 Å². The topological polar surface area (TPSA) is 35.2 Å². The first-order valence-corrected chi connectivity index (χ1v) is 4.15. The van der Waals surface area contributed by atoms with Crippen molar-refractivity contribution in [2.75, 3.05) is 7.11 Å². The Balaban J connectivity index is 2.99. The molecule has 1 aromatic carbocycles. The molecule has 2 N–H and O–H groups in total. The van der Waals surface area contributed by atoms with Crippen molar-refractivity contribution in [3.8, 4) is 5.75 Å². The van der Waals surface area contributed by atoms with Gasteiger partial charge in [0.25, 0.3) is 0 Å². The molecular weight excluding hydrogens is 189 g/mol. The van der Waals surface area contributed by atoms with Crippen LogP contribution in [-0.4, -0.2) is 12.1 Å². The van der Waals surface area contributed by atoms with Crippen molar-refractivity contribution >= 4 is 17.2 Å². The fraction of sp³-hybridized carbons (Fsp3) is 0.222. The zero-order chi connectivity index (χ0) is 9.84. The van der Waals surface area contributed by atoms with E-state index in [0.717, 1.165) is 5.56 Å². The molecular formula is C9H10FNOS. The second kappa shape index (κ2) is 4.18. The molecule has 0 heterocycles. The van der Waals surface area contributed by atoms with E-state index in [2.05, 4.69) is 0 Å². The first kappa shape index (κ1) is 9.92. The monoisotopic (exact) mass is 199 g/mol. The van der Waals surface area contributed by atoms with Gasteiger partial charge in [-0.3, -0.25) is 0 Å². The summed E-state index contributed by atoms with van der Waals surface area (Å²) in [5, 5.41) is 0. The van der Waals surface area contributed by atoms with E-state index in [4.69, 9.17) is 22.7 Å². The van der Waals surface area contributed by atoms with Gasteiger partial charge in [0.1, 0.15) is 11.6 Å². The number of hydrogen-bond donors (Lipinski definition) is 1. The lowest BCUT2D eigenvalue weighted by molar-refractivity contribution is 0.407. The van der Waals surface area contributed by atoms with E-state index >= 15 is 0 Å². The number of benzene rings is 1. The lowest BCUT2D eigenvalue weighted by Gasteiger charge is -2.06. The standard InChI is InChI=1S/C9H10FNOS/c1-12-8-5-7(10)3-2-6(8)4-9(11)13/h2-3,5H,4H2,1H3,(H2,11,13). The van der Waals surface area contributed by atoms with Crippen LogP contribution in [0.25, 0.3) is 0 Å². The Morgan fingerprint density at radius 3 is 2.85 bits per heavy atom. The molecule has 0 aliphatic carbocycles. The van der Waals surface area contributed by atoms with Crippen molar-refractivity contribution in [1.82, 2.24) is 0 Å². The quantitative estimate of drug-likeness (QED) is 0.752. The number of halogens is 1. The Labute approximate surface area is 81.5 Å². The molecule has 0 radical (unpaired) electrons. The van der Waals surface area contributed by atoms with Crippen LogP contribution in [0.15, 0.2) is 18.2 Å². The largest absolute Gasteiger partial charge is 0.496 e. The summed E-state index contributed by atoms with van der Waals surface area (Å²) >= 11 is 4.75. The zero-order valence-electron chi connectivity index (χ0n) is 7.21. The molecule has 1 aromatic rings. The molecule has 0 unspecified atom stereocenters. The predicted molar refractivity (Wildman–Crippen MR) is 53.4 cm³/mol. The van der Waals surface area contributed by atoms with Crippen LogP contribution in [-0.2, 0) is 6.42 Å². The lowest BCUT2D eigenvalue weighted by atomic mass is 10.1. The Bertz CT molecular complexity index is 327. The number of thiocarbonyl (C=S) groups is 1. The van der Waals surface area contributed by atoms with Gasteiger partial charge in [0.05, 0.1) is 12.1 Å². The normalized spacial score (nSPS) is 9.69. The van der Waals surface area contributed by atoms with E-state index in [-0.39, 0.29) is 5.82 Å². The summed E-state index contributed by atoms with van der Waals surface area (Å²) in [6.45, 7) is 0. The van der Waals surface area contributed by atoms with E-state index in [1.165, 1.54) is 19.2 Å². The molecule has 0 amide bonds. The molecule has 0 aromatic heterocycles. The van der Waals surface area contributed by atoms with Crippen LogP contribution in [0.3, 0.4) is 0 Å². The highest BCUT2D eigenvalue weighted by molar-refractivity contribution is 7.80. The molecule has 0 fully saturated rings. The number of rotatable bonds is 3. The fourth-order valence-electron chi connectivity index (χ4n) is 1.05. The van der Waals surface area contributed by atoms with Gasteiger partial charge in [-0.25, -0.2) is 4.39 Å². The van der Waals surface area contributed by atoms with Crippen LogP contribution in [0.5, 0.6) is 5.75 Å². The Kier molecular flexibility index (Phi) is 3.19. The molecule has 0 saturated heterocycles. The van der Waals surface area contributed by atoms with E-state index in [1.807, 2.05) is 0 Å². The highest BCUT2D eigenvalue weighted by atomic mass is 32.1. The maximum absolute atomic E-state index is 12.7. The van der Waals surface area contributed by atoms with Gasteiger partial charge in [-0.1, -0.05) is 18.3 Å². The van der Waals surface area contributed by atoms with Gasteiger partial charge in [-0.2, -0.15) is 0 Å². The molecule has 0 spiro atoms. The van der Waals surface area contributed by atoms with Crippen molar-refractivity contribution in [2.24, 2.45) is 5.73 Å². The fourth-order valence-corrected chi connectivity index (χ4v) is 1.21. The third kappa shape index (κ3) is 2.66. The van der Waals surface area contributed by atoms with Gasteiger partial charge in [-0.15, -0.1) is 0 Å². The summed E-state index contributed by atoms with van der Waals surface area (Å²) in [6.07, 6.45) is 0.429. The van der Waals surface area contributed by atoms with Crippen LogP contribution >= 0.6 is 12.2 Å². The average Bonchev–Trinajstić information content (AvgIpc) is 2.07. The molecule has 70 valence electrons. The summed E-state index contributed by atoms with van der Waals surface area (Å²) in [5.74, 6) is 0.149. The molecule has 13 heavy (non-hydrogen) atoms. The zero-order valence-corrected chi connectivity index (χ0v) is 8.03. The Morgan fingerprint density at radius 1 is 1.62 bits per heavy atom. The minimum absolute atomic E-state index is 0.330. The van der Waals surface area contributed by atoms with E-state index < -0.39 is 0 Å². The molecule has 0 saturated carbocycles. The highest BCUT2D eigenvalue weighted by Gasteiger charge is 2.04. The van der Waals surface area contributed by atoms with Crippen LogP contribution in [0, 0.1) is 5.82 Å². The smallest absolute Gasteiger partial charge is 0.126 e. The third-order valence-corrected chi connectivity index (χ3v) is 1.76. The summed E-state index contributed by atoms with van der Waals surface area (Å²) in [7, 11) is 1.48. The number of nitrogens with two attached hydrogens (primary N) is 1. The van der Waals surface area contributed by atoms with Gasteiger partial charge >= 0.3 is 0 Å². The first-order valence-electron chi connectivity index (χ1n) is 3.74. The molecule has 0 aliphatic rings. The average molecular weight is 199 g/mol. The molecule has 0 atom stereocenters. The van der Waals surface area contributed by atoms with Gasteiger partial charge in [0.15, 0.2) is 0 Å². The number of hydrogen-bond acceptors (Lipinski definition) is 2. The van der Waals surface area contributed by atoms with Crippen molar-refractivity contribution in [3.05, 3.63) is 29.6 Å². The van der Waals surface area contributed by atoms with Crippen LogP contribution < -0.4 is 10.5 Å². The minimum Gasteiger partial charge on any atom is -0.496 e. The molecule has 1 rings (SSSR count). The second-order valence-corrected chi connectivity index (χ2v) is 3.12. The molecule has 0 aliphatic heterocycles. The summed E-state index contributed by atoms with van der Waals surface area (Å²) in [4.78, 5) is 0.366. The van der Waals surface area contributed by atoms with E-state index in [0.29, 0.717) is 17.2 Å². The van der Waals surface area contributed by atoms with Crippen LogP contribution in [0.4, 0.5) is 4.39 Å². The van der Waals surface area contributed by atoms with Gasteiger partial charge < -0.3 is 10.5 Å². The highest BCUT2D eigenvalue weighted by Crippen LogP contribution is 2.19. The maximum Gasteiger partial charge on any atom is 0.126 e. The number of methoxy groups -OCH3 is 1. The molecule has 4 heteroatoms. The second-order valence-electron chi connectivity index (χ2n) is 2.60. The third-order valence-electron chi connectivity index (χ3n) is 1.61. The lowest BCUT2D eigenvalue weighted by Crippen LogP contribution is -2.11. The van der Waals surface area contributed by atoms with Crippen LogP contribution in [0.2, 0.25) is 0 Å². The molecule has 2 nitrogen and oxygen atoms in total. The van der Waals surface area contributed by atoms with E-state index in [9.17, 15) is 4.39 Å². The Hall–Kier alpha value is -1.16. The summed E-state index contributed by atoms with van der Waals surface area (Å²) < 4.78 is 17.7. The van der Waals surface area contributed by atoms with Crippen molar-refractivity contribution in [3.63, 3.8) is 0 Å². The number of ether oxygens (including phenoxy) is 1. The minimum atomic E-state index is -0.330. The van der Waals surface area contributed by atoms with Crippen molar-refractivity contribution < 1.29 is 9.13 Å².